The highest BCUT2D eigenvalue weighted by Crippen LogP contribution is 2.28. The second-order valence-corrected chi connectivity index (χ2v) is 8.16. The van der Waals surface area contributed by atoms with Gasteiger partial charge in [-0.05, 0) is 23.8 Å². The van der Waals surface area contributed by atoms with Crippen LogP contribution in [0.1, 0.15) is 21.5 Å². The van der Waals surface area contributed by atoms with E-state index >= 15 is 0 Å². The Hall–Kier alpha value is -4.98. The Morgan fingerprint density at radius 2 is 1.69 bits per heavy atom. The fourth-order valence-electron chi connectivity index (χ4n) is 4.18. The number of hydrogen-bond donors (Lipinski definition) is 3. The third-order valence-corrected chi connectivity index (χ3v) is 5.93. The Kier molecular flexibility index (Phi) is 4.96. The van der Waals surface area contributed by atoms with E-state index in [1.165, 1.54) is 4.68 Å². The lowest BCUT2D eigenvalue weighted by atomic mass is 10.2. The maximum atomic E-state index is 13.3. The second kappa shape index (κ2) is 8.42. The molecule has 0 radical (unpaired) electrons. The average molecular weight is 460 g/mol. The van der Waals surface area contributed by atoms with Crippen LogP contribution in [-0.2, 0) is 6.54 Å². The second-order valence-electron chi connectivity index (χ2n) is 8.16. The molecule has 1 amide bonds. The summed E-state index contributed by atoms with van der Waals surface area (Å²) in [6, 6.07) is 25.1. The summed E-state index contributed by atoms with van der Waals surface area (Å²) in [5.74, 6) is -0.154. The monoisotopic (exact) mass is 459 g/mol. The Morgan fingerprint density at radius 3 is 2.51 bits per heavy atom. The van der Waals surface area contributed by atoms with Crippen molar-refractivity contribution in [3.63, 3.8) is 0 Å². The van der Waals surface area contributed by atoms with Gasteiger partial charge in [0.2, 0.25) is 0 Å². The van der Waals surface area contributed by atoms with Crippen molar-refractivity contribution in [3.8, 4) is 0 Å². The number of hydrogen-bond acceptors (Lipinski definition) is 5. The zero-order valence-corrected chi connectivity index (χ0v) is 18.6. The van der Waals surface area contributed by atoms with Gasteiger partial charge in [0.05, 0.1) is 17.2 Å². The van der Waals surface area contributed by atoms with Crippen LogP contribution in [0, 0.1) is 0 Å². The molecule has 0 spiro atoms. The van der Waals surface area contributed by atoms with Gasteiger partial charge in [-0.25, -0.2) is 9.97 Å². The van der Waals surface area contributed by atoms with Crippen molar-refractivity contribution >= 4 is 51.0 Å². The van der Waals surface area contributed by atoms with Crippen molar-refractivity contribution in [3.05, 3.63) is 102 Å². The van der Waals surface area contributed by atoms with Crippen LogP contribution >= 0.6 is 0 Å². The number of aromatic amines is 1. The van der Waals surface area contributed by atoms with Crippen LogP contribution in [0.25, 0.3) is 33.1 Å². The SMILES string of the molecule is Nc1c(C(=O)NCc2ccccc2)c2nc3ccccc3nc2n1/N=C\c1c[nH]c2ccccc12. The minimum absolute atomic E-state index is 0.178. The summed E-state index contributed by atoms with van der Waals surface area (Å²) in [6.45, 7) is 0.366. The molecule has 8 heteroatoms. The van der Waals surface area contributed by atoms with Crippen molar-refractivity contribution in [1.82, 2.24) is 24.9 Å². The quantitative estimate of drug-likeness (QED) is 0.330. The highest BCUT2D eigenvalue weighted by Gasteiger charge is 2.24. The maximum Gasteiger partial charge on any atom is 0.257 e. The summed E-state index contributed by atoms with van der Waals surface area (Å²) >= 11 is 0. The molecule has 0 bridgehead atoms. The first kappa shape index (κ1) is 20.6. The van der Waals surface area contributed by atoms with Crippen molar-refractivity contribution in [2.75, 3.05) is 5.73 Å². The summed E-state index contributed by atoms with van der Waals surface area (Å²) < 4.78 is 1.48. The molecule has 0 unspecified atom stereocenters. The molecule has 0 saturated carbocycles. The summed E-state index contributed by atoms with van der Waals surface area (Å²) in [4.78, 5) is 26.0. The highest BCUT2D eigenvalue weighted by molar-refractivity contribution is 6.11. The number of nitrogens with one attached hydrogen (secondary N) is 2. The van der Waals surface area contributed by atoms with Gasteiger partial charge >= 0.3 is 0 Å². The topological polar surface area (TPSA) is 114 Å². The number of H-pyrrole nitrogens is 1. The van der Waals surface area contributed by atoms with Gasteiger partial charge in [-0.2, -0.15) is 9.78 Å². The molecule has 0 atom stereocenters. The Morgan fingerprint density at radius 1 is 0.971 bits per heavy atom. The number of fused-ring (bicyclic) bond motifs is 3. The summed E-state index contributed by atoms with van der Waals surface area (Å²) in [6.07, 6.45) is 3.59. The van der Waals surface area contributed by atoms with E-state index in [9.17, 15) is 4.79 Å². The van der Waals surface area contributed by atoms with Gasteiger partial charge in [0.1, 0.15) is 16.9 Å². The third kappa shape index (κ3) is 3.67. The van der Waals surface area contributed by atoms with E-state index in [2.05, 4.69) is 15.4 Å². The fourth-order valence-corrected chi connectivity index (χ4v) is 4.18. The Balaban J connectivity index is 1.46. The van der Waals surface area contributed by atoms with Crippen LogP contribution in [-0.4, -0.2) is 31.7 Å². The summed E-state index contributed by atoms with van der Waals surface area (Å²) in [7, 11) is 0. The van der Waals surface area contributed by atoms with Gasteiger partial charge in [-0.15, -0.1) is 0 Å². The number of nitrogen functional groups attached to an aromatic ring is 1. The fraction of sp³-hybridized carbons (Fsp3) is 0.0370. The third-order valence-electron chi connectivity index (χ3n) is 5.93. The van der Waals surface area contributed by atoms with Crippen molar-refractivity contribution < 1.29 is 4.79 Å². The molecule has 6 rings (SSSR count). The van der Waals surface area contributed by atoms with Gasteiger partial charge in [-0.3, -0.25) is 4.79 Å². The Labute approximate surface area is 200 Å². The molecule has 0 saturated heterocycles. The lowest BCUT2D eigenvalue weighted by Gasteiger charge is -2.05. The van der Waals surface area contributed by atoms with E-state index in [4.69, 9.17) is 15.7 Å². The van der Waals surface area contributed by atoms with Crippen LogP contribution in [0.5, 0.6) is 0 Å². The first-order chi connectivity index (χ1) is 17.2. The molecule has 0 aliphatic rings. The first-order valence-electron chi connectivity index (χ1n) is 11.2. The molecule has 3 aromatic carbocycles. The minimum atomic E-state index is -0.332. The molecule has 4 N–H and O–H groups in total. The molecule has 0 fully saturated rings. The number of benzene rings is 3. The van der Waals surface area contributed by atoms with Crippen molar-refractivity contribution in [2.45, 2.75) is 6.54 Å². The normalized spacial score (nSPS) is 11.7. The molecule has 0 aliphatic carbocycles. The maximum absolute atomic E-state index is 13.3. The molecule has 8 nitrogen and oxygen atoms in total. The minimum Gasteiger partial charge on any atom is -0.383 e. The number of nitrogens with two attached hydrogens (primary N) is 1. The number of carbonyl (C=O) groups is 1. The summed E-state index contributed by atoms with van der Waals surface area (Å²) in [5, 5.41) is 8.60. The number of anilines is 1. The number of nitrogens with zero attached hydrogens (tertiary/aromatic N) is 4. The van der Waals surface area contributed by atoms with Crippen LogP contribution in [0.15, 0.2) is 90.2 Å². The van der Waals surface area contributed by atoms with Gasteiger partial charge in [0.15, 0.2) is 5.65 Å². The van der Waals surface area contributed by atoms with Crippen molar-refractivity contribution in [1.29, 1.82) is 0 Å². The molecular weight excluding hydrogens is 438 g/mol. The Bertz CT molecular complexity index is 1730. The van der Waals surface area contributed by atoms with Crippen LogP contribution in [0.2, 0.25) is 0 Å². The van der Waals surface area contributed by atoms with E-state index < -0.39 is 0 Å². The predicted molar refractivity (Wildman–Crippen MR) is 138 cm³/mol. The lowest BCUT2D eigenvalue weighted by Crippen LogP contribution is -2.23. The molecule has 0 aliphatic heterocycles. The largest absolute Gasteiger partial charge is 0.383 e. The summed E-state index contributed by atoms with van der Waals surface area (Å²) in [5.41, 5.74) is 11.8. The van der Waals surface area contributed by atoms with E-state index in [1.54, 1.807) is 6.21 Å². The number of carbonyl (C=O) groups excluding carboxylic acids is 1. The average Bonchev–Trinajstić information content (AvgIpc) is 3.43. The van der Waals surface area contributed by atoms with E-state index in [-0.39, 0.29) is 17.3 Å². The zero-order chi connectivity index (χ0) is 23.8. The number of rotatable bonds is 5. The van der Waals surface area contributed by atoms with E-state index in [0.29, 0.717) is 28.7 Å². The smallest absolute Gasteiger partial charge is 0.257 e. The molecule has 3 aromatic heterocycles. The highest BCUT2D eigenvalue weighted by atomic mass is 16.1. The van der Waals surface area contributed by atoms with Gasteiger partial charge in [0, 0.05) is 29.2 Å². The van der Waals surface area contributed by atoms with Gasteiger partial charge in [-0.1, -0.05) is 60.7 Å². The first-order valence-corrected chi connectivity index (χ1v) is 11.2. The number of para-hydroxylation sites is 3. The molecule has 6 aromatic rings. The van der Waals surface area contributed by atoms with Gasteiger partial charge in [0.25, 0.3) is 5.91 Å². The van der Waals surface area contributed by atoms with Crippen LogP contribution in [0.3, 0.4) is 0 Å². The number of amides is 1. The van der Waals surface area contributed by atoms with Crippen LogP contribution < -0.4 is 11.1 Å². The molecule has 3 heterocycles. The molecular formula is C27H21N7O. The standard InChI is InChI=1S/C27H21N7O/c28-25-23(27(35)30-14-17-8-2-1-3-9-17)24-26(33-22-13-7-6-12-21(22)32-24)34(25)31-16-18-15-29-20-11-5-4-10-19(18)20/h1-13,15-16,29H,14,28H2,(H,30,35)/b31-16-. The van der Waals surface area contributed by atoms with Gasteiger partial charge < -0.3 is 16.0 Å². The molecule has 170 valence electrons. The zero-order valence-electron chi connectivity index (χ0n) is 18.6. The lowest BCUT2D eigenvalue weighted by molar-refractivity contribution is 0.0953. The van der Waals surface area contributed by atoms with Crippen molar-refractivity contribution in [2.24, 2.45) is 5.10 Å². The molecule has 35 heavy (non-hydrogen) atoms. The van der Waals surface area contributed by atoms with Crippen LogP contribution in [0.4, 0.5) is 5.82 Å². The van der Waals surface area contributed by atoms with E-state index in [0.717, 1.165) is 22.0 Å². The predicted octanol–water partition coefficient (Wildman–Crippen LogP) is 4.46. The number of aromatic nitrogens is 4. The van der Waals surface area contributed by atoms with E-state index in [1.807, 2.05) is 85.1 Å².